The van der Waals surface area contributed by atoms with E-state index in [1.807, 2.05) is 0 Å². The molecule has 7 nitrogen and oxygen atoms in total. The van der Waals surface area contributed by atoms with Crippen LogP contribution >= 0.6 is 0 Å². The molecule has 1 saturated carbocycles. The summed E-state index contributed by atoms with van der Waals surface area (Å²) >= 11 is 0. The van der Waals surface area contributed by atoms with Gasteiger partial charge in [-0.05, 0) is 45.7 Å². The molecule has 2 heterocycles. The van der Waals surface area contributed by atoms with E-state index in [1.54, 1.807) is 36.3 Å². The summed E-state index contributed by atoms with van der Waals surface area (Å²) in [6.45, 7) is 0.868. The standard InChI is InChI=1S/C18H23F3N6O/c1-12-9-15(25-17(23-12)27-8-7-22-11-27)16(28)24-13-3-5-14(6-4-13)26(2)10-18(19,20)21/h7-9,11,13-14H,3-6,10H2,1-2H3,(H,24,28)/t13-,14-. The molecule has 0 bridgehead atoms. The third-order valence-electron chi connectivity index (χ3n) is 4.89. The van der Waals surface area contributed by atoms with Crippen LogP contribution in [-0.4, -0.2) is 62.2 Å². The molecule has 0 aliphatic heterocycles. The van der Waals surface area contributed by atoms with Crippen molar-refractivity contribution in [3.63, 3.8) is 0 Å². The van der Waals surface area contributed by atoms with Gasteiger partial charge in [-0.25, -0.2) is 15.0 Å². The number of aryl methyl sites for hydroxylation is 1. The molecule has 1 aliphatic rings. The maximum Gasteiger partial charge on any atom is 0.401 e. The number of nitrogens with zero attached hydrogens (tertiary/aromatic N) is 5. The molecule has 2 aromatic heterocycles. The highest BCUT2D eigenvalue weighted by Gasteiger charge is 2.33. The Morgan fingerprint density at radius 3 is 2.61 bits per heavy atom. The average Bonchev–Trinajstić information content (AvgIpc) is 3.15. The summed E-state index contributed by atoms with van der Waals surface area (Å²) in [5.41, 5.74) is 0.911. The Kier molecular flexibility index (Phi) is 5.97. The van der Waals surface area contributed by atoms with E-state index in [2.05, 4.69) is 20.3 Å². The Bertz CT molecular complexity index is 800. The molecule has 1 amide bonds. The third kappa shape index (κ3) is 5.28. The monoisotopic (exact) mass is 396 g/mol. The van der Waals surface area contributed by atoms with Crippen molar-refractivity contribution >= 4 is 5.91 Å². The van der Waals surface area contributed by atoms with Crippen LogP contribution in [0.15, 0.2) is 24.8 Å². The molecule has 1 aliphatic carbocycles. The summed E-state index contributed by atoms with van der Waals surface area (Å²) in [5.74, 6) is 0.0547. The lowest BCUT2D eigenvalue weighted by Crippen LogP contribution is -2.45. The van der Waals surface area contributed by atoms with E-state index in [9.17, 15) is 18.0 Å². The summed E-state index contributed by atoms with van der Waals surface area (Å²) in [6, 6.07) is 1.41. The molecule has 0 aromatic carbocycles. The van der Waals surface area contributed by atoms with Gasteiger partial charge in [0, 0.05) is 30.2 Å². The first kappa shape index (κ1) is 20.2. The molecule has 28 heavy (non-hydrogen) atoms. The maximum absolute atomic E-state index is 12.6. The number of alkyl halides is 3. The fraction of sp³-hybridized carbons (Fsp3) is 0.556. The summed E-state index contributed by atoms with van der Waals surface area (Å²) in [6.07, 6.45) is 3.14. The number of hydrogen-bond donors (Lipinski definition) is 1. The Morgan fingerprint density at radius 2 is 2.00 bits per heavy atom. The lowest BCUT2D eigenvalue weighted by atomic mass is 9.90. The van der Waals surface area contributed by atoms with Crippen LogP contribution in [-0.2, 0) is 0 Å². The summed E-state index contributed by atoms with van der Waals surface area (Å²) < 4.78 is 39.3. The van der Waals surface area contributed by atoms with Crippen LogP contribution < -0.4 is 5.32 Å². The zero-order chi connectivity index (χ0) is 20.3. The fourth-order valence-electron chi connectivity index (χ4n) is 3.49. The first-order valence-corrected chi connectivity index (χ1v) is 9.13. The molecule has 0 spiro atoms. The third-order valence-corrected chi connectivity index (χ3v) is 4.89. The number of amides is 1. The van der Waals surface area contributed by atoms with Gasteiger partial charge in [-0.15, -0.1) is 0 Å². The first-order valence-electron chi connectivity index (χ1n) is 9.13. The summed E-state index contributed by atoms with van der Waals surface area (Å²) in [7, 11) is 1.50. The smallest absolute Gasteiger partial charge is 0.348 e. The Labute approximate surface area is 161 Å². The topological polar surface area (TPSA) is 75.9 Å². The molecule has 0 saturated heterocycles. The summed E-state index contributed by atoms with van der Waals surface area (Å²) in [5, 5.41) is 2.95. The average molecular weight is 396 g/mol. The second kappa shape index (κ2) is 8.26. The number of carbonyl (C=O) groups is 1. The van der Waals surface area contributed by atoms with Crippen LogP contribution in [0.2, 0.25) is 0 Å². The molecular formula is C18H23F3N6O. The number of halogens is 3. The van der Waals surface area contributed by atoms with E-state index in [-0.39, 0.29) is 23.7 Å². The molecule has 2 aromatic rings. The molecular weight excluding hydrogens is 373 g/mol. The molecule has 0 unspecified atom stereocenters. The molecule has 10 heteroatoms. The van der Waals surface area contributed by atoms with Gasteiger partial charge in [-0.2, -0.15) is 13.2 Å². The zero-order valence-corrected chi connectivity index (χ0v) is 15.8. The van der Waals surface area contributed by atoms with Gasteiger partial charge >= 0.3 is 6.18 Å². The van der Waals surface area contributed by atoms with E-state index in [4.69, 9.17) is 0 Å². The zero-order valence-electron chi connectivity index (χ0n) is 15.8. The minimum atomic E-state index is -4.20. The van der Waals surface area contributed by atoms with Gasteiger partial charge < -0.3 is 5.32 Å². The van der Waals surface area contributed by atoms with E-state index in [0.717, 1.165) is 0 Å². The predicted molar refractivity (Wildman–Crippen MR) is 96.1 cm³/mol. The number of nitrogens with one attached hydrogen (secondary N) is 1. The highest BCUT2D eigenvalue weighted by Crippen LogP contribution is 2.25. The van der Waals surface area contributed by atoms with Gasteiger partial charge in [-0.3, -0.25) is 14.3 Å². The second-order valence-corrected chi connectivity index (χ2v) is 7.17. The lowest BCUT2D eigenvalue weighted by molar-refractivity contribution is -0.148. The van der Waals surface area contributed by atoms with Crippen molar-refractivity contribution in [2.75, 3.05) is 13.6 Å². The van der Waals surface area contributed by atoms with E-state index < -0.39 is 12.7 Å². The van der Waals surface area contributed by atoms with Crippen LogP contribution in [0.25, 0.3) is 5.95 Å². The Morgan fingerprint density at radius 1 is 1.29 bits per heavy atom. The van der Waals surface area contributed by atoms with Crippen molar-refractivity contribution in [1.82, 2.24) is 29.7 Å². The molecule has 0 atom stereocenters. The minimum absolute atomic E-state index is 0.0741. The van der Waals surface area contributed by atoms with Crippen LogP contribution in [0.5, 0.6) is 0 Å². The highest BCUT2D eigenvalue weighted by atomic mass is 19.4. The largest absolute Gasteiger partial charge is 0.401 e. The van der Waals surface area contributed by atoms with Gasteiger partial charge in [0.1, 0.15) is 12.0 Å². The van der Waals surface area contributed by atoms with Crippen molar-refractivity contribution in [1.29, 1.82) is 0 Å². The Hall–Kier alpha value is -2.49. The van der Waals surface area contributed by atoms with Gasteiger partial charge in [0.2, 0.25) is 5.95 Å². The van der Waals surface area contributed by atoms with E-state index >= 15 is 0 Å². The molecule has 0 radical (unpaired) electrons. The first-order chi connectivity index (χ1) is 13.2. The number of imidazole rings is 1. The highest BCUT2D eigenvalue weighted by molar-refractivity contribution is 5.92. The van der Waals surface area contributed by atoms with Crippen molar-refractivity contribution in [2.24, 2.45) is 0 Å². The van der Waals surface area contributed by atoms with Gasteiger partial charge in [0.25, 0.3) is 5.91 Å². The number of aromatic nitrogens is 4. The van der Waals surface area contributed by atoms with Gasteiger partial charge in [-0.1, -0.05) is 0 Å². The molecule has 1 fully saturated rings. The van der Waals surface area contributed by atoms with E-state index in [0.29, 0.717) is 37.3 Å². The van der Waals surface area contributed by atoms with Crippen molar-refractivity contribution in [3.05, 3.63) is 36.2 Å². The van der Waals surface area contributed by atoms with Crippen molar-refractivity contribution in [2.45, 2.75) is 50.9 Å². The van der Waals surface area contributed by atoms with Crippen molar-refractivity contribution < 1.29 is 18.0 Å². The second-order valence-electron chi connectivity index (χ2n) is 7.17. The molecule has 3 rings (SSSR count). The van der Waals surface area contributed by atoms with Crippen LogP contribution in [0.1, 0.15) is 41.9 Å². The van der Waals surface area contributed by atoms with Crippen LogP contribution in [0.4, 0.5) is 13.2 Å². The normalized spacial score (nSPS) is 20.4. The fourth-order valence-corrected chi connectivity index (χ4v) is 3.49. The maximum atomic E-state index is 12.6. The molecule has 152 valence electrons. The lowest BCUT2D eigenvalue weighted by Gasteiger charge is -2.35. The SMILES string of the molecule is Cc1cc(C(=O)N[C@H]2CC[C@H](N(C)CC(F)(F)F)CC2)nc(-n2ccnc2)n1. The predicted octanol–water partition coefficient (Wildman–Crippen LogP) is 2.51. The minimum Gasteiger partial charge on any atom is -0.348 e. The van der Waals surface area contributed by atoms with Gasteiger partial charge in [0.05, 0.1) is 6.54 Å². The summed E-state index contributed by atoms with van der Waals surface area (Å²) in [4.78, 5) is 26.5. The number of carbonyl (C=O) groups excluding carboxylic acids is 1. The van der Waals surface area contributed by atoms with Gasteiger partial charge in [0.15, 0.2) is 0 Å². The van der Waals surface area contributed by atoms with Crippen LogP contribution in [0.3, 0.4) is 0 Å². The molecule has 1 N–H and O–H groups in total. The number of hydrogen-bond acceptors (Lipinski definition) is 5. The number of rotatable bonds is 5. The van der Waals surface area contributed by atoms with E-state index in [1.165, 1.54) is 11.9 Å². The van der Waals surface area contributed by atoms with Crippen LogP contribution in [0, 0.1) is 6.92 Å². The Balaban J connectivity index is 1.58. The quantitative estimate of drug-likeness (QED) is 0.841. The van der Waals surface area contributed by atoms with Crippen molar-refractivity contribution in [3.8, 4) is 5.95 Å².